The number of fused-ring (bicyclic) bond motifs is 1. The average Bonchev–Trinajstić information content (AvgIpc) is 3.19. The Morgan fingerprint density at radius 3 is 2.84 bits per heavy atom. The summed E-state index contributed by atoms with van der Waals surface area (Å²) in [6.07, 6.45) is 5.62. The fraction of sp³-hybridized carbons (Fsp3) is 0.368. The van der Waals surface area contributed by atoms with Gasteiger partial charge in [0, 0.05) is 43.1 Å². The summed E-state index contributed by atoms with van der Waals surface area (Å²) < 4.78 is 8.31. The van der Waals surface area contributed by atoms with E-state index in [1.807, 2.05) is 42.1 Å². The number of aryl methyl sites for hydroxylation is 1. The molecule has 6 heteroatoms. The van der Waals surface area contributed by atoms with Gasteiger partial charge in [0.25, 0.3) is 0 Å². The maximum absolute atomic E-state index is 6.23. The number of rotatable bonds is 5. The Kier molecular flexibility index (Phi) is 4.92. The number of hydrogen-bond acceptors (Lipinski definition) is 5. The number of ether oxygens (including phenoxy) is 1. The molecule has 0 spiro atoms. The molecule has 5 nitrogen and oxygen atoms in total. The van der Waals surface area contributed by atoms with E-state index in [1.165, 1.54) is 16.1 Å². The molecule has 1 aliphatic heterocycles. The topological polar surface area (TPSA) is 43.2 Å². The van der Waals surface area contributed by atoms with Crippen molar-refractivity contribution in [2.24, 2.45) is 0 Å². The predicted octanol–water partition coefficient (Wildman–Crippen LogP) is 3.25. The Morgan fingerprint density at radius 2 is 2.04 bits per heavy atom. The van der Waals surface area contributed by atoms with Crippen LogP contribution >= 0.6 is 11.3 Å². The molecule has 1 aliphatic rings. The first-order valence-corrected chi connectivity index (χ1v) is 9.42. The van der Waals surface area contributed by atoms with Gasteiger partial charge in [-0.15, -0.1) is 11.3 Å². The molecule has 0 saturated carbocycles. The minimum Gasteiger partial charge on any atom is -0.370 e. The van der Waals surface area contributed by atoms with E-state index in [0.29, 0.717) is 6.61 Å². The van der Waals surface area contributed by atoms with Crippen molar-refractivity contribution in [1.29, 1.82) is 0 Å². The van der Waals surface area contributed by atoms with Crippen molar-refractivity contribution in [1.82, 2.24) is 19.7 Å². The molecule has 0 saturated heterocycles. The summed E-state index contributed by atoms with van der Waals surface area (Å²) in [6.45, 7) is 6.37. The summed E-state index contributed by atoms with van der Waals surface area (Å²) >= 11 is 1.83. The molecule has 0 fully saturated rings. The second kappa shape index (κ2) is 7.47. The molecule has 0 aliphatic carbocycles. The Morgan fingerprint density at radius 1 is 1.16 bits per heavy atom. The summed E-state index contributed by atoms with van der Waals surface area (Å²) in [4.78, 5) is 7.96. The van der Waals surface area contributed by atoms with Gasteiger partial charge in [-0.25, -0.2) is 0 Å². The Hall–Kier alpha value is -2.02. The van der Waals surface area contributed by atoms with E-state index in [4.69, 9.17) is 4.74 Å². The zero-order valence-electron chi connectivity index (χ0n) is 14.3. The first-order valence-electron chi connectivity index (χ1n) is 8.54. The highest BCUT2D eigenvalue weighted by Gasteiger charge is 2.23. The molecular weight excluding hydrogens is 332 g/mol. The fourth-order valence-electron chi connectivity index (χ4n) is 3.18. The second-order valence-corrected chi connectivity index (χ2v) is 7.49. The Labute approximate surface area is 151 Å². The summed E-state index contributed by atoms with van der Waals surface area (Å²) in [5, 5.41) is 6.64. The third-order valence-electron chi connectivity index (χ3n) is 4.60. The van der Waals surface area contributed by atoms with E-state index in [2.05, 4.69) is 44.1 Å². The molecule has 0 N–H and O–H groups in total. The highest BCUT2D eigenvalue weighted by Crippen LogP contribution is 2.22. The summed E-state index contributed by atoms with van der Waals surface area (Å²) in [6, 6.07) is 8.31. The molecule has 0 radical (unpaired) electrons. The van der Waals surface area contributed by atoms with Gasteiger partial charge in [-0.2, -0.15) is 5.10 Å². The van der Waals surface area contributed by atoms with Crippen molar-refractivity contribution in [3.8, 4) is 0 Å². The second-order valence-electron chi connectivity index (χ2n) is 6.49. The van der Waals surface area contributed by atoms with Crippen LogP contribution < -0.4 is 0 Å². The van der Waals surface area contributed by atoms with Crippen LogP contribution in [-0.4, -0.2) is 32.3 Å². The molecule has 1 atom stereocenters. The average molecular weight is 354 g/mol. The molecule has 4 heterocycles. The van der Waals surface area contributed by atoms with E-state index in [-0.39, 0.29) is 6.10 Å². The van der Waals surface area contributed by atoms with Gasteiger partial charge >= 0.3 is 0 Å². The normalized spacial score (nSPS) is 18.0. The molecule has 0 bridgehead atoms. The smallest absolute Gasteiger partial charge is 0.0902 e. The number of pyridine rings is 1. The molecule has 0 aromatic carbocycles. The highest BCUT2D eigenvalue weighted by molar-refractivity contribution is 7.10. The van der Waals surface area contributed by atoms with Gasteiger partial charge in [0.05, 0.1) is 24.9 Å². The van der Waals surface area contributed by atoms with E-state index >= 15 is 0 Å². The van der Waals surface area contributed by atoms with Crippen LogP contribution in [-0.2, 0) is 31.0 Å². The zero-order valence-corrected chi connectivity index (χ0v) is 15.2. The monoisotopic (exact) mass is 354 g/mol. The number of hydrogen-bond donors (Lipinski definition) is 0. The molecular formula is C19H22N4OS. The SMILES string of the molecule is Cc1ccsc1CN1Cc2ccnn2C[C@H](OCc2ccncc2)C1. The molecule has 0 amide bonds. The third kappa shape index (κ3) is 3.98. The number of aromatic nitrogens is 3. The van der Waals surface area contributed by atoms with Crippen molar-refractivity contribution in [2.45, 2.75) is 39.3 Å². The van der Waals surface area contributed by atoms with Crippen molar-refractivity contribution < 1.29 is 4.74 Å². The minimum absolute atomic E-state index is 0.120. The maximum atomic E-state index is 6.23. The van der Waals surface area contributed by atoms with E-state index < -0.39 is 0 Å². The van der Waals surface area contributed by atoms with Gasteiger partial charge in [0.2, 0.25) is 0 Å². The summed E-state index contributed by atoms with van der Waals surface area (Å²) in [5.41, 5.74) is 3.78. The van der Waals surface area contributed by atoms with Crippen LogP contribution in [0.25, 0.3) is 0 Å². The van der Waals surface area contributed by atoms with Gasteiger partial charge in [-0.3, -0.25) is 14.6 Å². The third-order valence-corrected chi connectivity index (χ3v) is 5.61. The molecule has 130 valence electrons. The maximum Gasteiger partial charge on any atom is 0.0902 e. The van der Waals surface area contributed by atoms with E-state index in [9.17, 15) is 0 Å². The standard InChI is InChI=1S/C19H22N4OS/c1-15-5-9-25-19(15)13-22-10-17-4-8-21-23(17)12-18(11-22)24-14-16-2-6-20-7-3-16/h2-9,18H,10-14H2,1H3/t18-/m1/s1. The van der Waals surface area contributed by atoms with Gasteiger partial charge in [0.1, 0.15) is 0 Å². The minimum atomic E-state index is 0.120. The molecule has 3 aromatic heterocycles. The number of nitrogens with zero attached hydrogens (tertiary/aromatic N) is 4. The lowest BCUT2D eigenvalue weighted by molar-refractivity contribution is 0.00731. The molecule has 0 unspecified atom stereocenters. The van der Waals surface area contributed by atoms with Crippen molar-refractivity contribution in [2.75, 3.05) is 6.54 Å². The van der Waals surface area contributed by atoms with Gasteiger partial charge in [0.15, 0.2) is 0 Å². The fourth-order valence-corrected chi connectivity index (χ4v) is 4.13. The predicted molar refractivity (Wildman–Crippen MR) is 98.2 cm³/mol. The van der Waals surface area contributed by atoms with E-state index in [1.54, 1.807) is 0 Å². The largest absolute Gasteiger partial charge is 0.370 e. The molecule has 25 heavy (non-hydrogen) atoms. The van der Waals surface area contributed by atoms with Crippen LogP contribution in [0.5, 0.6) is 0 Å². The zero-order chi connectivity index (χ0) is 17.1. The van der Waals surface area contributed by atoms with Crippen molar-refractivity contribution >= 4 is 11.3 Å². The van der Waals surface area contributed by atoms with E-state index in [0.717, 1.165) is 31.7 Å². The van der Waals surface area contributed by atoms with Crippen LogP contribution in [0.4, 0.5) is 0 Å². The van der Waals surface area contributed by atoms with Gasteiger partial charge < -0.3 is 4.74 Å². The lowest BCUT2D eigenvalue weighted by Gasteiger charge is -2.24. The van der Waals surface area contributed by atoms with Crippen molar-refractivity contribution in [3.63, 3.8) is 0 Å². The van der Waals surface area contributed by atoms with Crippen LogP contribution in [0.2, 0.25) is 0 Å². The van der Waals surface area contributed by atoms with Crippen LogP contribution in [0.1, 0.15) is 21.7 Å². The lowest BCUT2D eigenvalue weighted by atomic mass is 10.2. The highest BCUT2D eigenvalue weighted by atomic mass is 32.1. The van der Waals surface area contributed by atoms with Gasteiger partial charge in [-0.1, -0.05) is 0 Å². The van der Waals surface area contributed by atoms with Crippen molar-refractivity contribution in [3.05, 3.63) is 69.9 Å². The Bertz CT molecular complexity index is 814. The molecule has 3 aromatic rings. The lowest BCUT2D eigenvalue weighted by Crippen LogP contribution is -2.32. The first kappa shape index (κ1) is 16.4. The van der Waals surface area contributed by atoms with Crippen LogP contribution in [0.3, 0.4) is 0 Å². The number of thiophene rings is 1. The van der Waals surface area contributed by atoms with Gasteiger partial charge in [-0.05, 0) is 47.7 Å². The Balaban J connectivity index is 1.48. The summed E-state index contributed by atoms with van der Waals surface area (Å²) in [5.74, 6) is 0. The first-order chi connectivity index (χ1) is 12.3. The van der Waals surface area contributed by atoms with Crippen LogP contribution in [0, 0.1) is 6.92 Å². The quantitative estimate of drug-likeness (QED) is 0.705. The summed E-state index contributed by atoms with van der Waals surface area (Å²) in [7, 11) is 0. The molecule has 4 rings (SSSR count). The van der Waals surface area contributed by atoms with Crippen LogP contribution in [0.15, 0.2) is 48.2 Å².